The summed E-state index contributed by atoms with van der Waals surface area (Å²) in [6, 6.07) is 8.06. The summed E-state index contributed by atoms with van der Waals surface area (Å²) in [6.07, 6.45) is 0.591. The molecule has 0 fully saturated rings. The first-order valence-electron chi connectivity index (χ1n) is 6.07. The zero-order valence-corrected chi connectivity index (χ0v) is 12.3. The van der Waals surface area contributed by atoms with Crippen molar-refractivity contribution in [3.63, 3.8) is 0 Å². The number of rotatable bonds is 6. The average Bonchev–Trinajstić information content (AvgIpc) is 2.30. The first-order valence-corrected chi connectivity index (χ1v) is 6.86. The predicted molar refractivity (Wildman–Crippen MR) is 75.5 cm³/mol. The van der Waals surface area contributed by atoms with Crippen molar-refractivity contribution in [1.82, 2.24) is 4.90 Å². The number of benzene rings is 1. The lowest BCUT2D eigenvalue weighted by Crippen LogP contribution is -2.32. The van der Waals surface area contributed by atoms with E-state index in [1.54, 1.807) is 0 Å². The van der Waals surface area contributed by atoms with E-state index in [0.29, 0.717) is 12.5 Å². The van der Waals surface area contributed by atoms with Crippen LogP contribution < -0.4 is 0 Å². The summed E-state index contributed by atoms with van der Waals surface area (Å²) in [5, 5.41) is 0. The number of ketones is 1. The van der Waals surface area contributed by atoms with Crippen molar-refractivity contribution in [2.75, 3.05) is 13.1 Å². The van der Waals surface area contributed by atoms with Crippen molar-refractivity contribution in [2.45, 2.75) is 33.2 Å². The van der Waals surface area contributed by atoms with Gasteiger partial charge in [0.15, 0.2) is 5.78 Å². The molecule has 0 N–H and O–H groups in total. The highest BCUT2D eigenvalue weighted by molar-refractivity contribution is 9.10. The van der Waals surface area contributed by atoms with Gasteiger partial charge in [0.05, 0.1) is 0 Å². The molecule has 0 aromatic heterocycles. The molecular weight excluding hydrogens is 278 g/mol. The summed E-state index contributed by atoms with van der Waals surface area (Å²) in [5.74, 6) is 0.219. The highest BCUT2D eigenvalue weighted by atomic mass is 79.9. The molecule has 1 aromatic rings. The topological polar surface area (TPSA) is 20.3 Å². The van der Waals surface area contributed by atoms with Crippen LogP contribution in [0.2, 0.25) is 0 Å². The van der Waals surface area contributed by atoms with Crippen LogP contribution in [0.3, 0.4) is 0 Å². The van der Waals surface area contributed by atoms with Crippen LogP contribution in [0.1, 0.15) is 37.6 Å². The molecule has 0 aliphatic carbocycles. The summed E-state index contributed by atoms with van der Waals surface area (Å²) in [5.41, 5.74) is 0.799. The van der Waals surface area contributed by atoms with E-state index < -0.39 is 0 Å². The number of carbonyl (C=O) groups excluding carboxylic acids is 1. The van der Waals surface area contributed by atoms with Gasteiger partial charge in [-0.1, -0.05) is 35.0 Å². The molecule has 0 saturated carbocycles. The monoisotopic (exact) mass is 297 g/mol. The average molecular weight is 298 g/mol. The van der Waals surface area contributed by atoms with Crippen molar-refractivity contribution in [3.8, 4) is 0 Å². The lowest BCUT2D eigenvalue weighted by Gasteiger charge is -2.24. The number of nitrogens with zero attached hydrogens (tertiary/aromatic N) is 1. The molecule has 0 aliphatic rings. The third-order valence-corrected chi connectivity index (χ3v) is 3.46. The van der Waals surface area contributed by atoms with Gasteiger partial charge in [-0.3, -0.25) is 4.79 Å². The van der Waals surface area contributed by atoms with Crippen LogP contribution in [-0.2, 0) is 0 Å². The Hall–Kier alpha value is -0.670. The van der Waals surface area contributed by atoms with Gasteiger partial charge in [-0.25, -0.2) is 0 Å². The van der Waals surface area contributed by atoms with Gasteiger partial charge in [-0.2, -0.15) is 0 Å². The molecule has 94 valence electrons. The van der Waals surface area contributed by atoms with Crippen molar-refractivity contribution in [2.24, 2.45) is 0 Å². The standard InChI is InChI=1S/C14H20BrNO/c1-4-16(11(2)3)10-9-14(17)12-5-7-13(15)8-6-12/h5-8,11H,4,9-10H2,1-3H3. The maximum atomic E-state index is 12.0. The summed E-state index contributed by atoms with van der Waals surface area (Å²) in [4.78, 5) is 14.3. The van der Waals surface area contributed by atoms with Crippen LogP contribution in [0.4, 0.5) is 0 Å². The number of halogens is 1. The number of carbonyl (C=O) groups is 1. The zero-order chi connectivity index (χ0) is 12.8. The van der Waals surface area contributed by atoms with Gasteiger partial charge >= 0.3 is 0 Å². The maximum Gasteiger partial charge on any atom is 0.164 e. The van der Waals surface area contributed by atoms with Gasteiger partial charge < -0.3 is 4.90 Å². The van der Waals surface area contributed by atoms with E-state index in [1.807, 2.05) is 24.3 Å². The van der Waals surface area contributed by atoms with Crippen LogP contribution in [0, 0.1) is 0 Å². The van der Waals surface area contributed by atoms with E-state index in [1.165, 1.54) is 0 Å². The molecule has 0 spiro atoms. The lowest BCUT2D eigenvalue weighted by molar-refractivity contribution is 0.0958. The molecule has 0 saturated heterocycles. The summed E-state index contributed by atoms with van der Waals surface area (Å²) in [6.45, 7) is 8.28. The molecular formula is C14H20BrNO. The van der Waals surface area contributed by atoms with Gasteiger partial charge in [0, 0.05) is 29.0 Å². The summed E-state index contributed by atoms with van der Waals surface area (Å²) >= 11 is 3.37. The molecule has 1 aromatic carbocycles. The van der Waals surface area contributed by atoms with Crippen molar-refractivity contribution < 1.29 is 4.79 Å². The Bertz CT molecular complexity index is 359. The fourth-order valence-electron chi connectivity index (χ4n) is 1.81. The minimum atomic E-state index is 0.219. The second-order valence-corrected chi connectivity index (χ2v) is 5.32. The Balaban J connectivity index is 2.52. The van der Waals surface area contributed by atoms with Crippen molar-refractivity contribution in [3.05, 3.63) is 34.3 Å². The van der Waals surface area contributed by atoms with Crippen LogP contribution in [0.15, 0.2) is 28.7 Å². The summed E-state index contributed by atoms with van der Waals surface area (Å²) < 4.78 is 1.01. The largest absolute Gasteiger partial charge is 0.301 e. The minimum Gasteiger partial charge on any atom is -0.301 e. The summed E-state index contributed by atoms with van der Waals surface area (Å²) in [7, 11) is 0. The number of hydrogen-bond donors (Lipinski definition) is 0. The Morgan fingerprint density at radius 2 is 1.88 bits per heavy atom. The van der Waals surface area contributed by atoms with Gasteiger partial charge in [0.1, 0.15) is 0 Å². The van der Waals surface area contributed by atoms with Crippen LogP contribution in [-0.4, -0.2) is 29.8 Å². The molecule has 0 radical (unpaired) electrons. The Kier molecular flexibility index (Phi) is 5.86. The smallest absolute Gasteiger partial charge is 0.164 e. The zero-order valence-electron chi connectivity index (χ0n) is 10.7. The number of Topliss-reactive ketones (excluding diaryl/α,β-unsaturated/α-hetero) is 1. The first kappa shape index (κ1) is 14.4. The third kappa shape index (κ3) is 4.60. The van der Waals surface area contributed by atoms with Crippen molar-refractivity contribution >= 4 is 21.7 Å². The van der Waals surface area contributed by atoms with Gasteiger partial charge in [-0.15, -0.1) is 0 Å². The molecule has 0 atom stereocenters. The molecule has 0 heterocycles. The van der Waals surface area contributed by atoms with E-state index in [4.69, 9.17) is 0 Å². The molecule has 0 unspecified atom stereocenters. The van der Waals surface area contributed by atoms with E-state index >= 15 is 0 Å². The highest BCUT2D eigenvalue weighted by Crippen LogP contribution is 2.12. The molecule has 1 rings (SSSR count). The molecule has 2 nitrogen and oxygen atoms in total. The fourth-order valence-corrected chi connectivity index (χ4v) is 2.07. The third-order valence-electron chi connectivity index (χ3n) is 2.93. The van der Waals surface area contributed by atoms with E-state index in [9.17, 15) is 4.79 Å². The Labute approximate surface area is 112 Å². The maximum absolute atomic E-state index is 12.0. The second kappa shape index (κ2) is 6.92. The molecule has 0 aliphatic heterocycles. The van der Waals surface area contributed by atoms with Crippen molar-refractivity contribution in [1.29, 1.82) is 0 Å². The predicted octanol–water partition coefficient (Wildman–Crippen LogP) is 3.75. The van der Waals surface area contributed by atoms with Gasteiger partial charge in [0.25, 0.3) is 0 Å². The van der Waals surface area contributed by atoms with E-state index in [0.717, 1.165) is 23.1 Å². The lowest BCUT2D eigenvalue weighted by atomic mass is 10.1. The SMILES string of the molecule is CCN(CCC(=O)c1ccc(Br)cc1)C(C)C. The minimum absolute atomic E-state index is 0.219. The molecule has 0 bridgehead atoms. The first-order chi connectivity index (χ1) is 8.04. The Morgan fingerprint density at radius 1 is 1.29 bits per heavy atom. The Morgan fingerprint density at radius 3 is 2.35 bits per heavy atom. The van der Waals surface area contributed by atoms with Crippen LogP contribution in [0.25, 0.3) is 0 Å². The van der Waals surface area contributed by atoms with E-state index in [2.05, 4.69) is 41.6 Å². The number of hydrogen-bond acceptors (Lipinski definition) is 2. The second-order valence-electron chi connectivity index (χ2n) is 4.40. The van der Waals surface area contributed by atoms with Gasteiger partial charge in [-0.05, 0) is 32.5 Å². The van der Waals surface area contributed by atoms with Gasteiger partial charge in [0.2, 0.25) is 0 Å². The fraction of sp³-hybridized carbons (Fsp3) is 0.500. The molecule has 3 heteroatoms. The van der Waals surface area contributed by atoms with Crippen LogP contribution >= 0.6 is 15.9 Å². The van der Waals surface area contributed by atoms with E-state index in [-0.39, 0.29) is 5.78 Å². The quantitative estimate of drug-likeness (QED) is 0.745. The molecule has 17 heavy (non-hydrogen) atoms. The van der Waals surface area contributed by atoms with Crippen LogP contribution in [0.5, 0.6) is 0 Å². The highest BCUT2D eigenvalue weighted by Gasteiger charge is 2.10. The normalized spacial score (nSPS) is 11.2. The molecule has 0 amide bonds.